The second-order valence-corrected chi connectivity index (χ2v) is 6.87. The van der Waals surface area contributed by atoms with Crippen molar-refractivity contribution in [2.75, 3.05) is 46.9 Å². The first-order chi connectivity index (χ1) is 10.2. The molecule has 0 spiro atoms. The number of nitrogens with zero attached hydrogens (tertiary/aromatic N) is 4. The number of hydrogen-bond donors (Lipinski definition) is 0. The van der Waals surface area contributed by atoms with Crippen LogP contribution in [0.15, 0.2) is 12.4 Å². The summed E-state index contributed by atoms with van der Waals surface area (Å²) in [4.78, 5) is 9.48. The fourth-order valence-corrected chi connectivity index (χ4v) is 3.69. The highest BCUT2D eigenvalue weighted by Crippen LogP contribution is 2.21. The van der Waals surface area contributed by atoms with Gasteiger partial charge >= 0.3 is 0 Å². The fraction of sp³-hybridized carbons (Fsp3) is 0.812. The van der Waals surface area contributed by atoms with Crippen molar-refractivity contribution >= 4 is 0 Å². The standard InChI is InChI=1S/C16H28N4O/c1-18(2)9-15-11-19(10-14-3-7-21-8-4-14)13-16-17-5-6-20(16)12-15/h5-6,14-15H,3-4,7-13H2,1-2H3/t15-/m0/s1. The lowest BCUT2D eigenvalue weighted by atomic mass is 9.99. The van der Waals surface area contributed by atoms with Crippen LogP contribution in [-0.4, -0.2) is 66.3 Å². The van der Waals surface area contributed by atoms with Gasteiger partial charge in [0.15, 0.2) is 0 Å². The third-order valence-electron chi connectivity index (χ3n) is 4.62. The third kappa shape index (κ3) is 4.05. The molecule has 0 bridgehead atoms. The van der Waals surface area contributed by atoms with Crippen molar-refractivity contribution < 1.29 is 4.74 Å². The minimum atomic E-state index is 0.676. The fourth-order valence-electron chi connectivity index (χ4n) is 3.69. The van der Waals surface area contributed by atoms with E-state index in [-0.39, 0.29) is 0 Å². The monoisotopic (exact) mass is 292 g/mol. The van der Waals surface area contributed by atoms with Gasteiger partial charge in [-0.15, -0.1) is 0 Å². The van der Waals surface area contributed by atoms with Crippen molar-refractivity contribution in [2.45, 2.75) is 25.9 Å². The molecule has 0 N–H and O–H groups in total. The highest BCUT2D eigenvalue weighted by atomic mass is 16.5. The van der Waals surface area contributed by atoms with E-state index < -0.39 is 0 Å². The molecule has 1 atom stereocenters. The number of imidazole rings is 1. The number of aromatic nitrogens is 2. The molecule has 118 valence electrons. The predicted molar refractivity (Wildman–Crippen MR) is 83.1 cm³/mol. The lowest BCUT2D eigenvalue weighted by Gasteiger charge is -2.30. The highest BCUT2D eigenvalue weighted by Gasteiger charge is 2.25. The Hall–Kier alpha value is -0.910. The van der Waals surface area contributed by atoms with Crippen LogP contribution in [-0.2, 0) is 17.8 Å². The van der Waals surface area contributed by atoms with Gasteiger partial charge in [-0.2, -0.15) is 0 Å². The van der Waals surface area contributed by atoms with Crippen LogP contribution >= 0.6 is 0 Å². The van der Waals surface area contributed by atoms with E-state index >= 15 is 0 Å². The van der Waals surface area contributed by atoms with Crippen LogP contribution in [0, 0.1) is 11.8 Å². The van der Waals surface area contributed by atoms with E-state index in [0.717, 1.165) is 38.8 Å². The molecule has 2 aliphatic rings. The minimum Gasteiger partial charge on any atom is -0.381 e. The Morgan fingerprint density at radius 3 is 2.81 bits per heavy atom. The van der Waals surface area contributed by atoms with Gasteiger partial charge in [0.25, 0.3) is 0 Å². The van der Waals surface area contributed by atoms with E-state index in [9.17, 15) is 0 Å². The molecular weight excluding hydrogens is 264 g/mol. The molecule has 21 heavy (non-hydrogen) atoms. The van der Waals surface area contributed by atoms with Crippen LogP contribution < -0.4 is 0 Å². The van der Waals surface area contributed by atoms with Gasteiger partial charge in [-0.3, -0.25) is 4.90 Å². The zero-order chi connectivity index (χ0) is 14.7. The summed E-state index contributed by atoms with van der Waals surface area (Å²) in [7, 11) is 4.34. The van der Waals surface area contributed by atoms with Crippen LogP contribution in [0.2, 0.25) is 0 Å². The Bertz CT molecular complexity index is 439. The second kappa shape index (κ2) is 6.90. The SMILES string of the molecule is CN(C)C[C@H]1CN(CC2CCOCC2)Cc2nccn2C1. The zero-order valence-electron chi connectivity index (χ0n) is 13.4. The molecule has 1 aromatic heterocycles. The first-order valence-corrected chi connectivity index (χ1v) is 8.15. The van der Waals surface area contributed by atoms with Gasteiger partial charge in [-0.05, 0) is 32.9 Å². The molecule has 3 heterocycles. The molecular formula is C16H28N4O. The van der Waals surface area contributed by atoms with E-state index in [2.05, 4.69) is 39.6 Å². The normalized spacial score (nSPS) is 25.0. The van der Waals surface area contributed by atoms with E-state index in [1.807, 2.05) is 6.20 Å². The summed E-state index contributed by atoms with van der Waals surface area (Å²) < 4.78 is 7.83. The van der Waals surface area contributed by atoms with Gasteiger partial charge in [0.2, 0.25) is 0 Å². The highest BCUT2D eigenvalue weighted by molar-refractivity contribution is 4.96. The van der Waals surface area contributed by atoms with E-state index in [1.54, 1.807) is 0 Å². The second-order valence-electron chi connectivity index (χ2n) is 6.87. The van der Waals surface area contributed by atoms with Gasteiger partial charge in [-0.1, -0.05) is 0 Å². The van der Waals surface area contributed by atoms with Crippen molar-refractivity contribution in [1.29, 1.82) is 0 Å². The van der Waals surface area contributed by atoms with E-state index in [0.29, 0.717) is 5.92 Å². The summed E-state index contributed by atoms with van der Waals surface area (Å²) in [6.07, 6.45) is 6.50. The van der Waals surface area contributed by atoms with Crippen LogP contribution in [0.25, 0.3) is 0 Å². The average Bonchev–Trinajstić information content (AvgIpc) is 2.80. The number of ether oxygens (including phenoxy) is 1. The van der Waals surface area contributed by atoms with Crippen molar-refractivity contribution in [1.82, 2.24) is 19.4 Å². The Labute approximate surface area is 127 Å². The smallest absolute Gasteiger partial charge is 0.122 e. The first kappa shape index (κ1) is 15.0. The van der Waals surface area contributed by atoms with Crippen LogP contribution in [0.4, 0.5) is 0 Å². The van der Waals surface area contributed by atoms with Gasteiger partial charge < -0.3 is 14.2 Å². The Kier molecular flexibility index (Phi) is 4.93. The number of hydrogen-bond acceptors (Lipinski definition) is 4. The molecule has 0 saturated carbocycles. The summed E-state index contributed by atoms with van der Waals surface area (Å²) in [5.74, 6) is 2.69. The lowest BCUT2D eigenvalue weighted by molar-refractivity contribution is 0.0486. The first-order valence-electron chi connectivity index (χ1n) is 8.15. The molecule has 0 amide bonds. The summed E-state index contributed by atoms with van der Waals surface area (Å²) in [6, 6.07) is 0. The summed E-state index contributed by atoms with van der Waals surface area (Å²) in [5.41, 5.74) is 0. The van der Waals surface area contributed by atoms with Crippen molar-refractivity contribution in [3.05, 3.63) is 18.2 Å². The molecule has 5 heteroatoms. The van der Waals surface area contributed by atoms with Crippen molar-refractivity contribution in [2.24, 2.45) is 11.8 Å². The Morgan fingerprint density at radius 2 is 2.05 bits per heavy atom. The molecule has 5 nitrogen and oxygen atoms in total. The average molecular weight is 292 g/mol. The predicted octanol–water partition coefficient (Wildman–Crippen LogP) is 1.30. The maximum atomic E-state index is 5.49. The molecule has 0 radical (unpaired) electrons. The summed E-state index contributed by atoms with van der Waals surface area (Å²) in [6.45, 7) is 7.48. The molecule has 0 aliphatic carbocycles. The van der Waals surface area contributed by atoms with E-state index in [1.165, 1.54) is 31.8 Å². The maximum absolute atomic E-state index is 5.49. The molecule has 0 unspecified atom stereocenters. The number of fused-ring (bicyclic) bond motifs is 1. The van der Waals surface area contributed by atoms with Crippen LogP contribution in [0.1, 0.15) is 18.7 Å². The van der Waals surface area contributed by atoms with Gasteiger partial charge in [0.1, 0.15) is 5.82 Å². The van der Waals surface area contributed by atoms with Crippen molar-refractivity contribution in [3.63, 3.8) is 0 Å². The number of rotatable bonds is 4. The quantitative estimate of drug-likeness (QED) is 0.838. The maximum Gasteiger partial charge on any atom is 0.122 e. The van der Waals surface area contributed by atoms with Gasteiger partial charge in [0, 0.05) is 57.7 Å². The molecule has 1 aromatic rings. The largest absolute Gasteiger partial charge is 0.381 e. The molecule has 2 aliphatic heterocycles. The van der Waals surface area contributed by atoms with Crippen molar-refractivity contribution in [3.8, 4) is 0 Å². The van der Waals surface area contributed by atoms with Crippen LogP contribution in [0.5, 0.6) is 0 Å². The summed E-state index contributed by atoms with van der Waals surface area (Å²) in [5, 5.41) is 0. The molecule has 1 saturated heterocycles. The molecule has 3 rings (SSSR count). The Morgan fingerprint density at radius 1 is 1.24 bits per heavy atom. The molecule has 1 fully saturated rings. The minimum absolute atomic E-state index is 0.676. The van der Waals surface area contributed by atoms with Crippen LogP contribution in [0.3, 0.4) is 0 Å². The molecule has 0 aromatic carbocycles. The third-order valence-corrected chi connectivity index (χ3v) is 4.62. The topological polar surface area (TPSA) is 33.5 Å². The lowest BCUT2D eigenvalue weighted by Crippen LogP contribution is -2.37. The summed E-state index contributed by atoms with van der Waals surface area (Å²) >= 11 is 0. The van der Waals surface area contributed by atoms with Gasteiger partial charge in [0.05, 0.1) is 6.54 Å². The Balaban J connectivity index is 1.67. The zero-order valence-corrected chi connectivity index (χ0v) is 13.4. The van der Waals surface area contributed by atoms with Gasteiger partial charge in [-0.25, -0.2) is 4.98 Å². The van der Waals surface area contributed by atoms with E-state index in [4.69, 9.17) is 4.74 Å².